The van der Waals surface area contributed by atoms with E-state index in [9.17, 15) is 8.42 Å². The summed E-state index contributed by atoms with van der Waals surface area (Å²) in [7, 11) is -2.16. The number of aryl methyl sites for hydroxylation is 1. The minimum atomic E-state index is -3.64. The lowest BCUT2D eigenvalue weighted by Crippen LogP contribution is -2.32. The van der Waals surface area contributed by atoms with Crippen LogP contribution < -0.4 is 14.4 Å². The first-order chi connectivity index (χ1) is 12.5. The molecule has 1 aromatic carbocycles. The van der Waals surface area contributed by atoms with Crippen molar-refractivity contribution in [2.45, 2.75) is 37.6 Å². The summed E-state index contributed by atoms with van der Waals surface area (Å²) in [5.41, 5.74) is 0.877. The van der Waals surface area contributed by atoms with Crippen molar-refractivity contribution in [2.24, 2.45) is 0 Å². The van der Waals surface area contributed by atoms with E-state index in [0.29, 0.717) is 11.8 Å². The minimum absolute atomic E-state index is 0.0318. The summed E-state index contributed by atoms with van der Waals surface area (Å²) >= 11 is 0. The van der Waals surface area contributed by atoms with Crippen molar-refractivity contribution in [2.75, 3.05) is 25.1 Å². The summed E-state index contributed by atoms with van der Waals surface area (Å²) in [6.45, 7) is 3.57. The molecule has 26 heavy (non-hydrogen) atoms. The number of aromatic nitrogens is 3. The van der Waals surface area contributed by atoms with E-state index >= 15 is 0 Å². The molecular formula is C17H23N5O3S. The number of sulfonamides is 1. The third kappa shape index (κ3) is 4.47. The van der Waals surface area contributed by atoms with Crippen molar-refractivity contribution in [3.05, 3.63) is 35.7 Å². The molecule has 0 unspecified atom stereocenters. The monoisotopic (exact) mass is 377 g/mol. The van der Waals surface area contributed by atoms with E-state index in [0.717, 1.165) is 31.5 Å². The van der Waals surface area contributed by atoms with Gasteiger partial charge in [0, 0.05) is 13.1 Å². The molecule has 1 fully saturated rings. The highest BCUT2D eigenvalue weighted by molar-refractivity contribution is 7.89. The molecule has 0 spiro atoms. The van der Waals surface area contributed by atoms with Gasteiger partial charge < -0.3 is 9.64 Å². The highest BCUT2D eigenvalue weighted by Gasteiger charge is 2.19. The van der Waals surface area contributed by atoms with Gasteiger partial charge in [-0.25, -0.2) is 13.1 Å². The summed E-state index contributed by atoms with van der Waals surface area (Å²) < 4.78 is 32.6. The molecule has 2 aromatic rings. The Morgan fingerprint density at radius 2 is 1.92 bits per heavy atom. The molecule has 9 heteroatoms. The highest BCUT2D eigenvalue weighted by Crippen LogP contribution is 2.18. The predicted molar refractivity (Wildman–Crippen MR) is 97.6 cm³/mol. The number of nitrogens with zero attached hydrogens (tertiary/aromatic N) is 4. The van der Waals surface area contributed by atoms with Crippen LogP contribution >= 0.6 is 0 Å². The second-order valence-corrected chi connectivity index (χ2v) is 7.99. The van der Waals surface area contributed by atoms with Gasteiger partial charge in [-0.05, 0) is 43.9 Å². The molecule has 0 aliphatic carbocycles. The molecule has 0 atom stereocenters. The Morgan fingerprint density at radius 3 is 2.62 bits per heavy atom. The van der Waals surface area contributed by atoms with Crippen molar-refractivity contribution in [3.8, 4) is 6.01 Å². The Morgan fingerprint density at radius 1 is 1.15 bits per heavy atom. The molecule has 0 bridgehead atoms. The standard InChI is InChI=1S/C17H23N5O3S/c1-13-7-6-8-14(11-13)26(23,24)18-12-15-19-16(21-17(20-15)25-2)22-9-4-3-5-10-22/h6-8,11,18H,3-5,9-10,12H2,1-2H3. The Hall–Kier alpha value is -2.26. The van der Waals surface area contributed by atoms with Crippen LogP contribution in [0, 0.1) is 6.92 Å². The van der Waals surface area contributed by atoms with Crippen molar-refractivity contribution in [1.29, 1.82) is 0 Å². The van der Waals surface area contributed by atoms with E-state index in [-0.39, 0.29) is 17.5 Å². The zero-order valence-electron chi connectivity index (χ0n) is 15.0. The Balaban J connectivity index is 1.78. The third-order valence-electron chi connectivity index (χ3n) is 4.19. The molecule has 1 aliphatic rings. The highest BCUT2D eigenvalue weighted by atomic mass is 32.2. The summed E-state index contributed by atoms with van der Waals surface area (Å²) in [4.78, 5) is 15.2. The van der Waals surface area contributed by atoms with Gasteiger partial charge in [0.25, 0.3) is 0 Å². The van der Waals surface area contributed by atoms with E-state index in [1.807, 2.05) is 13.0 Å². The van der Waals surface area contributed by atoms with Crippen molar-refractivity contribution >= 4 is 16.0 Å². The van der Waals surface area contributed by atoms with Gasteiger partial charge in [-0.2, -0.15) is 15.0 Å². The van der Waals surface area contributed by atoms with Gasteiger partial charge in [-0.15, -0.1) is 0 Å². The largest absolute Gasteiger partial charge is 0.467 e. The van der Waals surface area contributed by atoms with Gasteiger partial charge in [-0.1, -0.05) is 12.1 Å². The topological polar surface area (TPSA) is 97.3 Å². The Kier molecular flexibility index (Phi) is 5.67. The molecule has 0 amide bonds. The summed E-state index contributed by atoms with van der Waals surface area (Å²) in [6, 6.07) is 6.92. The first-order valence-electron chi connectivity index (χ1n) is 8.58. The number of nitrogens with one attached hydrogen (secondary N) is 1. The number of methoxy groups -OCH3 is 1. The van der Waals surface area contributed by atoms with Crippen LogP contribution in [0.4, 0.5) is 5.95 Å². The van der Waals surface area contributed by atoms with Gasteiger partial charge in [-0.3, -0.25) is 0 Å². The predicted octanol–water partition coefficient (Wildman–Crippen LogP) is 1.66. The molecule has 8 nitrogen and oxygen atoms in total. The Labute approximate surface area is 153 Å². The van der Waals surface area contributed by atoms with E-state index in [4.69, 9.17) is 4.74 Å². The van der Waals surface area contributed by atoms with Gasteiger partial charge in [0.1, 0.15) is 0 Å². The molecule has 1 aliphatic heterocycles. The van der Waals surface area contributed by atoms with Crippen molar-refractivity contribution in [1.82, 2.24) is 19.7 Å². The molecular weight excluding hydrogens is 354 g/mol. The maximum Gasteiger partial charge on any atom is 0.321 e. The third-order valence-corrected chi connectivity index (χ3v) is 5.59. The second-order valence-electron chi connectivity index (χ2n) is 6.23. The average Bonchev–Trinajstić information content (AvgIpc) is 2.67. The number of rotatable bonds is 6. The van der Waals surface area contributed by atoms with Gasteiger partial charge in [0.2, 0.25) is 16.0 Å². The van der Waals surface area contributed by atoms with Crippen LogP contribution in [0.5, 0.6) is 6.01 Å². The fourth-order valence-electron chi connectivity index (χ4n) is 2.82. The molecule has 3 rings (SSSR count). The number of ether oxygens (including phenoxy) is 1. The van der Waals surface area contributed by atoms with Crippen molar-refractivity contribution in [3.63, 3.8) is 0 Å². The smallest absolute Gasteiger partial charge is 0.321 e. The van der Waals surface area contributed by atoms with Crippen LogP contribution in [-0.2, 0) is 16.6 Å². The fraction of sp³-hybridized carbons (Fsp3) is 0.471. The molecule has 1 aromatic heterocycles. The zero-order valence-corrected chi connectivity index (χ0v) is 15.8. The van der Waals surface area contributed by atoms with Crippen LogP contribution in [0.2, 0.25) is 0 Å². The lowest BCUT2D eigenvalue weighted by molar-refractivity contribution is 0.374. The first kappa shape index (κ1) is 18.5. The Bertz CT molecular complexity index is 866. The van der Waals surface area contributed by atoms with Crippen LogP contribution in [0.3, 0.4) is 0 Å². The molecule has 1 saturated heterocycles. The van der Waals surface area contributed by atoms with Crippen molar-refractivity contribution < 1.29 is 13.2 Å². The lowest BCUT2D eigenvalue weighted by atomic mass is 10.1. The van der Waals surface area contributed by atoms with Crippen LogP contribution in [0.25, 0.3) is 0 Å². The van der Waals surface area contributed by atoms with Gasteiger partial charge in [0.05, 0.1) is 18.6 Å². The van der Waals surface area contributed by atoms with E-state index in [1.54, 1.807) is 18.2 Å². The van der Waals surface area contributed by atoms with E-state index in [1.165, 1.54) is 13.5 Å². The number of piperidine rings is 1. The maximum absolute atomic E-state index is 12.5. The van der Waals surface area contributed by atoms with E-state index < -0.39 is 10.0 Å². The molecule has 140 valence electrons. The quantitative estimate of drug-likeness (QED) is 0.817. The molecule has 0 saturated carbocycles. The first-order valence-corrected chi connectivity index (χ1v) is 10.1. The maximum atomic E-state index is 12.5. The van der Waals surface area contributed by atoms with Crippen LogP contribution in [0.1, 0.15) is 30.7 Å². The lowest BCUT2D eigenvalue weighted by Gasteiger charge is -2.26. The number of anilines is 1. The molecule has 2 heterocycles. The number of hydrogen-bond donors (Lipinski definition) is 1. The zero-order chi connectivity index (χ0) is 18.6. The summed E-state index contributed by atoms with van der Waals surface area (Å²) in [5.74, 6) is 0.856. The summed E-state index contributed by atoms with van der Waals surface area (Å²) in [5, 5.41) is 0. The molecule has 1 N–H and O–H groups in total. The number of hydrogen-bond acceptors (Lipinski definition) is 7. The van der Waals surface area contributed by atoms with Crippen LogP contribution in [-0.4, -0.2) is 43.6 Å². The normalized spacial score (nSPS) is 15.1. The van der Waals surface area contributed by atoms with Gasteiger partial charge >= 0.3 is 6.01 Å². The average molecular weight is 377 g/mol. The summed E-state index contributed by atoms with van der Waals surface area (Å²) in [6.07, 6.45) is 3.37. The number of benzene rings is 1. The molecule has 0 radical (unpaired) electrons. The SMILES string of the molecule is COc1nc(CNS(=O)(=O)c2cccc(C)c2)nc(N2CCCCC2)n1. The van der Waals surface area contributed by atoms with Crippen LogP contribution in [0.15, 0.2) is 29.2 Å². The van der Waals surface area contributed by atoms with E-state index in [2.05, 4.69) is 24.6 Å². The minimum Gasteiger partial charge on any atom is -0.467 e. The second kappa shape index (κ2) is 7.96. The van der Waals surface area contributed by atoms with Gasteiger partial charge in [0.15, 0.2) is 5.82 Å². The fourth-order valence-corrected chi connectivity index (χ4v) is 3.90.